The van der Waals surface area contributed by atoms with Crippen LogP contribution in [0.3, 0.4) is 0 Å². The molecule has 19 heavy (non-hydrogen) atoms. The minimum atomic E-state index is 0.288. The van der Waals surface area contributed by atoms with Gasteiger partial charge < -0.3 is 14.2 Å². The highest BCUT2D eigenvalue weighted by atomic mass is 79.9. The predicted octanol–water partition coefficient (Wildman–Crippen LogP) is 3.93. The molecule has 106 valence electrons. The van der Waals surface area contributed by atoms with Crippen molar-refractivity contribution in [1.29, 1.82) is 0 Å². The summed E-state index contributed by atoms with van der Waals surface area (Å²) in [4.78, 5) is 0. The summed E-state index contributed by atoms with van der Waals surface area (Å²) < 4.78 is 17.9. The Morgan fingerprint density at radius 3 is 2.53 bits per heavy atom. The van der Waals surface area contributed by atoms with Crippen LogP contribution in [0.2, 0.25) is 0 Å². The minimum absolute atomic E-state index is 0.288. The van der Waals surface area contributed by atoms with E-state index in [1.165, 1.54) is 0 Å². The summed E-state index contributed by atoms with van der Waals surface area (Å²) in [5, 5.41) is 0. The van der Waals surface area contributed by atoms with Gasteiger partial charge in [-0.25, -0.2) is 0 Å². The van der Waals surface area contributed by atoms with Crippen LogP contribution in [0.15, 0.2) is 22.7 Å². The molecule has 0 aromatic heterocycles. The molecule has 0 radical (unpaired) electrons. The van der Waals surface area contributed by atoms with E-state index in [1.807, 2.05) is 18.2 Å². The molecule has 1 heterocycles. The van der Waals surface area contributed by atoms with E-state index in [2.05, 4.69) is 29.8 Å². The summed E-state index contributed by atoms with van der Waals surface area (Å²) in [5.74, 6) is 0.845. The third-order valence-electron chi connectivity index (χ3n) is 3.36. The van der Waals surface area contributed by atoms with Crippen LogP contribution < -0.4 is 4.74 Å². The zero-order chi connectivity index (χ0) is 13.8. The number of methoxy groups -OCH3 is 1. The van der Waals surface area contributed by atoms with Gasteiger partial charge in [0.25, 0.3) is 0 Å². The third-order valence-corrected chi connectivity index (χ3v) is 3.98. The zero-order valence-electron chi connectivity index (χ0n) is 11.7. The quantitative estimate of drug-likeness (QED) is 0.838. The van der Waals surface area contributed by atoms with E-state index in [0.717, 1.165) is 28.6 Å². The van der Waals surface area contributed by atoms with Gasteiger partial charge in [-0.15, -0.1) is 0 Å². The van der Waals surface area contributed by atoms with Gasteiger partial charge in [-0.05, 0) is 60.3 Å². The Kier molecular flexibility index (Phi) is 5.25. The Labute approximate surface area is 123 Å². The van der Waals surface area contributed by atoms with E-state index in [4.69, 9.17) is 14.2 Å². The molecule has 1 aliphatic heterocycles. The van der Waals surface area contributed by atoms with Crippen LogP contribution in [0.1, 0.15) is 32.3 Å². The highest BCUT2D eigenvalue weighted by Gasteiger charge is 2.24. The first kappa shape index (κ1) is 14.8. The standard InChI is InChI=1S/C15H21BrO3/c1-10-6-13(7-11(2)19-10)18-9-12-4-5-15(17-3)14(16)8-12/h4-5,8,10-11,13H,6-7,9H2,1-3H3. The van der Waals surface area contributed by atoms with Gasteiger partial charge in [-0.3, -0.25) is 0 Å². The molecule has 0 aliphatic carbocycles. The van der Waals surface area contributed by atoms with Gasteiger partial charge in [0.2, 0.25) is 0 Å². The number of benzene rings is 1. The van der Waals surface area contributed by atoms with Crippen molar-refractivity contribution in [2.24, 2.45) is 0 Å². The molecule has 2 atom stereocenters. The summed E-state index contributed by atoms with van der Waals surface area (Å²) in [6.45, 7) is 4.85. The molecule has 1 aromatic carbocycles. The number of rotatable bonds is 4. The van der Waals surface area contributed by atoms with Crippen LogP contribution in [-0.4, -0.2) is 25.4 Å². The summed E-state index contributed by atoms with van der Waals surface area (Å²) in [5.41, 5.74) is 1.15. The molecule has 0 N–H and O–H groups in total. The lowest BCUT2D eigenvalue weighted by Gasteiger charge is -2.32. The Balaban J connectivity index is 1.89. The van der Waals surface area contributed by atoms with Gasteiger partial charge in [0, 0.05) is 0 Å². The van der Waals surface area contributed by atoms with Crippen LogP contribution >= 0.6 is 15.9 Å². The fraction of sp³-hybridized carbons (Fsp3) is 0.600. The number of hydrogen-bond acceptors (Lipinski definition) is 3. The maximum absolute atomic E-state index is 6.00. The van der Waals surface area contributed by atoms with Crippen molar-refractivity contribution in [3.63, 3.8) is 0 Å². The Morgan fingerprint density at radius 1 is 1.26 bits per heavy atom. The van der Waals surface area contributed by atoms with Gasteiger partial charge in [0.1, 0.15) is 5.75 Å². The molecular weight excluding hydrogens is 308 g/mol. The summed E-state index contributed by atoms with van der Waals surface area (Å²) in [7, 11) is 1.67. The topological polar surface area (TPSA) is 27.7 Å². The van der Waals surface area contributed by atoms with E-state index in [9.17, 15) is 0 Å². The van der Waals surface area contributed by atoms with Crippen molar-refractivity contribution in [1.82, 2.24) is 0 Å². The molecule has 0 saturated carbocycles. The molecular formula is C15H21BrO3. The average molecular weight is 329 g/mol. The minimum Gasteiger partial charge on any atom is -0.496 e. The molecule has 2 unspecified atom stereocenters. The van der Waals surface area contributed by atoms with Crippen LogP contribution in [0, 0.1) is 0 Å². The second-order valence-corrected chi connectivity index (χ2v) is 5.98. The lowest BCUT2D eigenvalue weighted by molar-refractivity contribution is -0.106. The first-order valence-corrected chi connectivity index (χ1v) is 7.47. The molecule has 2 rings (SSSR count). The maximum atomic E-state index is 6.00. The molecule has 1 saturated heterocycles. The Morgan fingerprint density at radius 2 is 1.95 bits per heavy atom. The normalized spacial score (nSPS) is 27.3. The van der Waals surface area contributed by atoms with Gasteiger partial charge in [0.15, 0.2) is 0 Å². The second kappa shape index (κ2) is 6.73. The van der Waals surface area contributed by atoms with Gasteiger partial charge in [0.05, 0.1) is 36.5 Å². The van der Waals surface area contributed by atoms with Gasteiger partial charge >= 0.3 is 0 Å². The van der Waals surface area contributed by atoms with Crippen LogP contribution in [-0.2, 0) is 16.1 Å². The van der Waals surface area contributed by atoms with Crippen molar-refractivity contribution in [3.8, 4) is 5.75 Å². The van der Waals surface area contributed by atoms with Crippen molar-refractivity contribution >= 4 is 15.9 Å². The second-order valence-electron chi connectivity index (χ2n) is 5.13. The van der Waals surface area contributed by atoms with E-state index in [0.29, 0.717) is 12.7 Å². The lowest BCUT2D eigenvalue weighted by Crippen LogP contribution is -2.33. The Hall–Kier alpha value is -0.580. The molecule has 0 bridgehead atoms. The number of ether oxygens (including phenoxy) is 3. The zero-order valence-corrected chi connectivity index (χ0v) is 13.3. The first-order chi connectivity index (χ1) is 9.08. The maximum Gasteiger partial charge on any atom is 0.133 e. The van der Waals surface area contributed by atoms with Crippen LogP contribution in [0.5, 0.6) is 5.75 Å². The molecule has 0 spiro atoms. The third kappa shape index (κ3) is 4.20. The number of hydrogen-bond donors (Lipinski definition) is 0. The monoisotopic (exact) mass is 328 g/mol. The molecule has 3 nitrogen and oxygen atoms in total. The van der Waals surface area contributed by atoms with E-state index in [1.54, 1.807) is 7.11 Å². The van der Waals surface area contributed by atoms with Crippen molar-refractivity contribution < 1.29 is 14.2 Å². The summed E-state index contributed by atoms with van der Waals surface area (Å²) >= 11 is 3.49. The Bertz CT molecular complexity index is 412. The van der Waals surface area contributed by atoms with Crippen LogP contribution in [0.25, 0.3) is 0 Å². The molecule has 0 amide bonds. The van der Waals surface area contributed by atoms with Gasteiger partial charge in [-0.1, -0.05) is 6.07 Å². The number of halogens is 1. The van der Waals surface area contributed by atoms with E-state index < -0.39 is 0 Å². The van der Waals surface area contributed by atoms with Crippen molar-refractivity contribution in [3.05, 3.63) is 28.2 Å². The van der Waals surface area contributed by atoms with Crippen LogP contribution in [0.4, 0.5) is 0 Å². The van der Waals surface area contributed by atoms with Crippen molar-refractivity contribution in [2.75, 3.05) is 7.11 Å². The molecule has 1 aliphatic rings. The SMILES string of the molecule is COc1ccc(COC2CC(C)OC(C)C2)cc1Br. The smallest absolute Gasteiger partial charge is 0.133 e. The van der Waals surface area contributed by atoms with E-state index >= 15 is 0 Å². The van der Waals surface area contributed by atoms with Gasteiger partial charge in [-0.2, -0.15) is 0 Å². The van der Waals surface area contributed by atoms with E-state index in [-0.39, 0.29) is 12.2 Å². The fourth-order valence-corrected chi connectivity index (χ4v) is 3.08. The fourth-order valence-electron chi connectivity index (χ4n) is 2.49. The highest BCUT2D eigenvalue weighted by Crippen LogP contribution is 2.27. The largest absolute Gasteiger partial charge is 0.496 e. The first-order valence-electron chi connectivity index (χ1n) is 6.68. The highest BCUT2D eigenvalue weighted by molar-refractivity contribution is 9.10. The summed E-state index contributed by atoms with van der Waals surface area (Å²) in [6.07, 6.45) is 2.82. The predicted molar refractivity (Wildman–Crippen MR) is 78.5 cm³/mol. The molecule has 4 heteroatoms. The average Bonchev–Trinajstić information content (AvgIpc) is 2.35. The molecule has 1 fully saturated rings. The molecule has 1 aromatic rings. The summed E-state index contributed by atoms with van der Waals surface area (Å²) in [6, 6.07) is 6.04. The lowest BCUT2D eigenvalue weighted by atomic mass is 10.0. The van der Waals surface area contributed by atoms with Crippen molar-refractivity contribution in [2.45, 2.75) is 51.6 Å².